The molecule has 1 saturated heterocycles. The SMILES string of the molecule is CC[C@@H](NCc1nc2c(c(N[C@@H](CN3CCC[C@H](C)C3)c3cnn(C)c3)n1)CN(c1cccc(C#N)c1)CC2)C1CCC(C(=O)O)CC1. The Labute approximate surface area is 284 Å². The molecule has 3 N–H and O–H groups in total. The van der Waals surface area contributed by atoms with E-state index in [0.29, 0.717) is 36.5 Å². The summed E-state index contributed by atoms with van der Waals surface area (Å²) < 4.78 is 1.87. The molecule has 3 atom stereocenters. The van der Waals surface area contributed by atoms with Crippen molar-refractivity contribution in [1.29, 1.82) is 5.26 Å². The summed E-state index contributed by atoms with van der Waals surface area (Å²) in [6, 6.07) is 10.4. The first-order valence-corrected chi connectivity index (χ1v) is 17.9. The summed E-state index contributed by atoms with van der Waals surface area (Å²) in [4.78, 5) is 26.8. The van der Waals surface area contributed by atoms with E-state index in [2.05, 4.69) is 57.7 Å². The van der Waals surface area contributed by atoms with Gasteiger partial charge in [0.05, 0.1) is 42.0 Å². The van der Waals surface area contributed by atoms with E-state index in [1.54, 1.807) is 0 Å². The van der Waals surface area contributed by atoms with Gasteiger partial charge in [-0.05, 0) is 81.5 Å². The Morgan fingerprint density at radius 1 is 1.17 bits per heavy atom. The average Bonchev–Trinajstić information content (AvgIpc) is 3.54. The van der Waals surface area contributed by atoms with Crippen LogP contribution in [0, 0.1) is 29.1 Å². The zero-order chi connectivity index (χ0) is 33.6. The highest BCUT2D eigenvalue weighted by atomic mass is 16.4. The lowest BCUT2D eigenvalue weighted by Gasteiger charge is -2.35. The molecule has 2 aromatic heterocycles. The van der Waals surface area contributed by atoms with Gasteiger partial charge in [0.2, 0.25) is 0 Å². The molecule has 2 fully saturated rings. The molecule has 1 aromatic carbocycles. The molecule has 11 heteroatoms. The predicted molar refractivity (Wildman–Crippen MR) is 186 cm³/mol. The van der Waals surface area contributed by atoms with Gasteiger partial charge in [0, 0.05) is 68.7 Å². The fourth-order valence-electron chi connectivity index (χ4n) is 8.02. The average molecular weight is 654 g/mol. The van der Waals surface area contributed by atoms with Crippen molar-refractivity contribution in [1.82, 2.24) is 30.0 Å². The zero-order valence-corrected chi connectivity index (χ0v) is 28.7. The Balaban J connectivity index is 1.27. The van der Waals surface area contributed by atoms with Gasteiger partial charge in [-0.2, -0.15) is 10.4 Å². The monoisotopic (exact) mass is 653 g/mol. The van der Waals surface area contributed by atoms with E-state index in [4.69, 9.17) is 9.97 Å². The van der Waals surface area contributed by atoms with Crippen molar-refractivity contribution in [3.05, 3.63) is 64.9 Å². The summed E-state index contributed by atoms with van der Waals surface area (Å²) in [7, 11) is 1.96. The van der Waals surface area contributed by atoms with Crippen LogP contribution in [0.3, 0.4) is 0 Å². The predicted octanol–water partition coefficient (Wildman–Crippen LogP) is 5.29. The van der Waals surface area contributed by atoms with Gasteiger partial charge in [-0.3, -0.25) is 9.48 Å². The van der Waals surface area contributed by atoms with Crippen molar-refractivity contribution in [2.75, 3.05) is 36.4 Å². The molecule has 3 aliphatic rings. The van der Waals surface area contributed by atoms with Crippen molar-refractivity contribution in [2.45, 2.75) is 90.4 Å². The smallest absolute Gasteiger partial charge is 0.306 e. The minimum absolute atomic E-state index is 0.00825. The van der Waals surface area contributed by atoms with Gasteiger partial charge >= 0.3 is 5.97 Å². The lowest BCUT2D eigenvalue weighted by atomic mass is 9.78. The number of anilines is 2. The molecular weight excluding hydrogens is 602 g/mol. The molecule has 2 aliphatic heterocycles. The van der Waals surface area contributed by atoms with E-state index in [9.17, 15) is 15.2 Å². The number of piperidine rings is 1. The Morgan fingerprint density at radius 2 is 2.00 bits per heavy atom. The van der Waals surface area contributed by atoms with E-state index in [1.165, 1.54) is 12.8 Å². The number of nitriles is 1. The van der Waals surface area contributed by atoms with Crippen LogP contribution < -0.4 is 15.5 Å². The Bertz CT molecular complexity index is 1590. The second kappa shape index (κ2) is 15.5. The number of aliphatic carboxylic acids is 1. The maximum absolute atomic E-state index is 11.5. The molecule has 3 aromatic rings. The van der Waals surface area contributed by atoms with Gasteiger partial charge in [0.1, 0.15) is 11.6 Å². The maximum atomic E-state index is 11.5. The maximum Gasteiger partial charge on any atom is 0.306 e. The molecule has 4 heterocycles. The van der Waals surface area contributed by atoms with E-state index in [0.717, 1.165) is 98.9 Å². The van der Waals surface area contributed by atoms with E-state index >= 15 is 0 Å². The normalized spacial score (nSPS) is 22.8. The fraction of sp³-hybridized carbons (Fsp3) is 0.595. The number of nitrogens with zero attached hydrogens (tertiary/aromatic N) is 7. The Kier molecular flexibility index (Phi) is 10.9. The van der Waals surface area contributed by atoms with Crippen LogP contribution in [-0.2, 0) is 31.4 Å². The van der Waals surface area contributed by atoms with Crippen LogP contribution in [0.4, 0.5) is 11.5 Å². The van der Waals surface area contributed by atoms with Gasteiger partial charge < -0.3 is 25.5 Å². The Morgan fingerprint density at radius 3 is 2.71 bits per heavy atom. The molecule has 1 aliphatic carbocycles. The molecule has 6 rings (SSSR count). The molecule has 11 nitrogen and oxygen atoms in total. The number of benzene rings is 1. The fourth-order valence-corrected chi connectivity index (χ4v) is 8.02. The third-order valence-corrected chi connectivity index (χ3v) is 10.7. The highest BCUT2D eigenvalue weighted by Crippen LogP contribution is 2.33. The van der Waals surface area contributed by atoms with Crippen molar-refractivity contribution in [2.24, 2.45) is 24.8 Å². The van der Waals surface area contributed by atoms with Gasteiger partial charge in [0.25, 0.3) is 0 Å². The van der Waals surface area contributed by atoms with Gasteiger partial charge in [-0.25, -0.2) is 9.97 Å². The summed E-state index contributed by atoms with van der Waals surface area (Å²) in [5.41, 5.74) is 5.01. The van der Waals surface area contributed by atoms with Gasteiger partial charge in [0.15, 0.2) is 0 Å². The number of fused-ring (bicyclic) bond motifs is 1. The summed E-state index contributed by atoms with van der Waals surface area (Å²) >= 11 is 0. The number of hydrogen-bond acceptors (Lipinski definition) is 9. The first kappa shape index (κ1) is 33.9. The van der Waals surface area contributed by atoms with Crippen molar-refractivity contribution in [3.8, 4) is 6.07 Å². The molecule has 0 radical (unpaired) electrons. The van der Waals surface area contributed by atoms with Crippen LogP contribution in [-0.4, -0.2) is 67.9 Å². The van der Waals surface area contributed by atoms with Crippen LogP contribution >= 0.6 is 0 Å². The van der Waals surface area contributed by atoms with E-state index in [-0.39, 0.29) is 12.0 Å². The number of rotatable bonds is 12. The topological polar surface area (TPSA) is 135 Å². The largest absolute Gasteiger partial charge is 0.481 e. The zero-order valence-electron chi connectivity index (χ0n) is 28.7. The van der Waals surface area contributed by atoms with Crippen LogP contribution in [0.15, 0.2) is 36.7 Å². The van der Waals surface area contributed by atoms with Crippen LogP contribution in [0.2, 0.25) is 0 Å². The third kappa shape index (κ3) is 8.16. The summed E-state index contributed by atoms with van der Waals surface area (Å²) in [5, 5.41) is 31.2. The molecule has 0 bridgehead atoms. The molecule has 0 amide bonds. The van der Waals surface area contributed by atoms with Crippen LogP contribution in [0.5, 0.6) is 0 Å². The van der Waals surface area contributed by atoms with Crippen molar-refractivity contribution >= 4 is 17.5 Å². The lowest BCUT2D eigenvalue weighted by molar-refractivity contribution is -0.143. The van der Waals surface area contributed by atoms with Crippen LogP contribution in [0.25, 0.3) is 0 Å². The summed E-state index contributed by atoms with van der Waals surface area (Å²) in [6.45, 7) is 9.63. The summed E-state index contributed by atoms with van der Waals surface area (Å²) in [6.07, 6.45) is 11.7. The van der Waals surface area contributed by atoms with E-state index in [1.807, 2.05) is 36.1 Å². The number of hydrogen-bond donors (Lipinski definition) is 3. The molecule has 256 valence electrons. The number of nitrogens with one attached hydrogen (secondary N) is 2. The number of carbonyl (C=O) groups is 1. The highest BCUT2D eigenvalue weighted by molar-refractivity contribution is 5.70. The second-order valence-corrected chi connectivity index (χ2v) is 14.2. The third-order valence-electron chi connectivity index (χ3n) is 10.7. The highest BCUT2D eigenvalue weighted by Gasteiger charge is 2.31. The van der Waals surface area contributed by atoms with E-state index < -0.39 is 5.97 Å². The van der Waals surface area contributed by atoms with Crippen molar-refractivity contribution < 1.29 is 9.90 Å². The number of aryl methyl sites for hydroxylation is 1. The first-order chi connectivity index (χ1) is 23.3. The minimum atomic E-state index is -0.660. The molecule has 48 heavy (non-hydrogen) atoms. The van der Waals surface area contributed by atoms with Gasteiger partial charge in [-0.1, -0.05) is 19.9 Å². The number of aromatic nitrogens is 4. The molecule has 0 spiro atoms. The molecule has 1 saturated carbocycles. The van der Waals surface area contributed by atoms with Gasteiger partial charge in [-0.15, -0.1) is 0 Å². The standard InChI is InChI=1S/C37H51N9O2/c1-4-32(27-10-12-28(13-11-27)37(47)48)39-20-35-41-33-14-16-46(30-9-5-8-26(17-30)18-38)23-31(33)36(43-35)42-34(29-19-40-44(3)22-29)24-45-15-6-7-25(2)21-45/h5,8-9,17,19,22,25,27-28,32,34,39H,4,6-7,10-16,20-21,23-24H2,1-3H3,(H,47,48)(H,41,42,43)/t25-,27?,28?,32+,34-/m0/s1. The number of carboxylic acid groups (broad SMARTS) is 1. The molecular formula is C37H51N9O2. The molecule has 0 unspecified atom stereocenters. The second-order valence-electron chi connectivity index (χ2n) is 14.2. The number of likely N-dealkylation sites (tertiary alicyclic amines) is 1. The first-order valence-electron chi connectivity index (χ1n) is 17.9. The van der Waals surface area contributed by atoms with Crippen molar-refractivity contribution in [3.63, 3.8) is 0 Å². The van der Waals surface area contributed by atoms with Crippen LogP contribution in [0.1, 0.15) is 93.0 Å². The summed E-state index contributed by atoms with van der Waals surface area (Å²) in [5.74, 6) is 1.92. The minimum Gasteiger partial charge on any atom is -0.481 e. The Hall–Kier alpha value is -4.01. The lowest BCUT2D eigenvalue weighted by Crippen LogP contribution is -2.40. The quantitative estimate of drug-likeness (QED) is 0.237. The number of carboxylic acids is 1.